The second-order valence-corrected chi connectivity index (χ2v) is 9.16. The van der Waals surface area contributed by atoms with E-state index >= 15 is 0 Å². The van der Waals surface area contributed by atoms with Crippen LogP contribution >= 0.6 is 27.5 Å². The minimum absolute atomic E-state index is 0.250. The van der Waals surface area contributed by atoms with Crippen LogP contribution in [-0.4, -0.2) is 18.0 Å². The Balaban J connectivity index is 1.55. The van der Waals surface area contributed by atoms with Crippen molar-refractivity contribution >= 4 is 45.6 Å². The van der Waals surface area contributed by atoms with Gasteiger partial charge in [-0.05, 0) is 41.3 Å². The fourth-order valence-corrected chi connectivity index (χ4v) is 3.59. The SMILES string of the molecule is CC(C)c1ccc(CNC(=O)C(=O)N/N=C\c2cc(Br)ccc2OCc2ccccc2Cl)cc1. The number of carbonyl (C=O) groups is 2. The zero-order chi connectivity index (χ0) is 24.5. The van der Waals surface area contributed by atoms with Gasteiger partial charge in [0.2, 0.25) is 0 Å². The molecule has 3 aromatic rings. The summed E-state index contributed by atoms with van der Waals surface area (Å²) < 4.78 is 6.70. The monoisotopic (exact) mass is 541 g/mol. The molecule has 0 spiro atoms. The number of halogens is 2. The Morgan fingerprint density at radius 3 is 2.50 bits per heavy atom. The molecular weight excluding hydrogens is 518 g/mol. The number of amides is 2. The van der Waals surface area contributed by atoms with Gasteiger partial charge in [-0.2, -0.15) is 5.10 Å². The van der Waals surface area contributed by atoms with E-state index in [0.29, 0.717) is 22.3 Å². The Morgan fingerprint density at radius 2 is 1.79 bits per heavy atom. The number of rotatable bonds is 8. The van der Waals surface area contributed by atoms with Gasteiger partial charge in [-0.25, -0.2) is 5.43 Å². The van der Waals surface area contributed by atoms with Gasteiger partial charge in [0.15, 0.2) is 0 Å². The van der Waals surface area contributed by atoms with E-state index in [4.69, 9.17) is 16.3 Å². The third kappa shape index (κ3) is 7.43. The number of benzene rings is 3. The third-order valence-electron chi connectivity index (χ3n) is 4.99. The summed E-state index contributed by atoms with van der Waals surface area (Å²) in [6.45, 7) is 4.75. The van der Waals surface area contributed by atoms with Crippen molar-refractivity contribution in [3.63, 3.8) is 0 Å². The fourth-order valence-electron chi connectivity index (χ4n) is 3.02. The van der Waals surface area contributed by atoms with Gasteiger partial charge in [-0.15, -0.1) is 0 Å². The van der Waals surface area contributed by atoms with Crippen LogP contribution < -0.4 is 15.5 Å². The van der Waals surface area contributed by atoms with Gasteiger partial charge in [0.25, 0.3) is 0 Å². The van der Waals surface area contributed by atoms with Crippen molar-refractivity contribution in [3.8, 4) is 5.75 Å². The highest BCUT2D eigenvalue weighted by Crippen LogP contribution is 2.24. The molecule has 3 aromatic carbocycles. The first-order valence-electron chi connectivity index (χ1n) is 10.7. The van der Waals surface area contributed by atoms with E-state index in [1.165, 1.54) is 11.8 Å². The molecule has 2 N–H and O–H groups in total. The van der Waals surface area contributed by atoms with Crippen molar-refractivity contribution in [1.82, 2.24) is 10.7 Å². The quantitative estimate of drug-likeness (QED) is 0.222. The van der Waals surface area contributed by atoms with Crippen LogP contribution in [-0.2, 0) is 22.7 Å². The van der Waals surface area contributed by atoms with Crippen molar-refractivity contribution < 1.29 is 14.3 Å². The molecule has 2 amide bonds. The Labute approximate surface area is 212 Å². The lowest BCUT2D eigenvalue weighted by molar-refractivity contribution is -0.139. The average molecular weight is 543 g/mol. The van der Waals surface area contributed by atoms with E-state index in [1.54, 1.807) is 18.2 Å². The molecule has 0 fully saturated rings. The molecule has 0 aliphatic carbocycles. The molecule has 0 saturated carbocycles. The number of hydrazone groups is 1. The fraction of sp³-hybridized carbons (Fsp3) is 0.192. The first-order chi connectivity index (χ1) is 16.3. The van der Waals surface area contributed by atoms with Gasteiger partial charge in [0.1, 0.15) is 12.4 Å². The number of carbonyl (C=O) groups excluding carboxylic acids is 2. The number of nitrogens with one attached hydrogen (secondary N) is 2. The second kappa shape index (κ2) is 12.3. The minimum atomic E-state index is -0.858. The molecule has 0 saturated heterocycles. The Kier molecular flexibility index (Phi) is 9.24. The van der Waals surface area contributed by atoms with Crippen LogP contribution in [0.4, 0.5) is 0 Å². The standard InChI is InChI=1S/C26H25BrClN3O3/c1-17(2)19-9-7-18(8-10-19)14-29-25(32)26(33)31-30-15-21-13-22(27)11-12-24(21)34-16-20-5-3-4-6-23(20)28/h3-13,15,17H,14,16H2,1-2H3,(H,29,32)(H,31,33)/b30-15-. The van der Waals surface area contributed by atoms with Gasteiger partial charge >= 0.3 is 11.8 Å². The van der Waals surface area contributed by atoms with Crippen LogP contribution in [0.5, 0.6) is 5.75 Å². The van der Waals surface area contributed by atoms with Crippen molar-refractivity contribution in [2.45, 2.75) is 32.9 Å². The number of hydrogen-bond donors (Lipinski definition) is 2. The van der Waals surface area contributed by atoms with Crippen molar-refractivity contribution in [2.24, 2.45) is 5.10 Å². The maximum atomic E-state index is 12.1. The highest BCUT2D eigenvalue weighted by molar-refractivity contribution is 9.10. The molecule has 0 aliphatic rings. The molecule has 0 atom stereocenters. The van der Waals surface area contributed by atoms with Crippen molar-refractivity contribution in [3.05, 3.63) is 98.5 Å². The normalized spacial score (nSPS) is 11.0. The molecule has 0 bridgehead atoms. The van der Waals surface area contributed by atoms with Gasteiger partial charge in [0.05, 0.1) is 6.21 Å². The Morgan fingerprint density at radius 1 is 1.06 bits per heavy atom. The van der Waals surface area contributed by atoms with Crippen LogP contribution in [0.2, 0.25) is 5.02 Å². The highest BCUT2D eigenvalue weighted by atomic mass is 79.9. The summed E-state index contributed by atoms with van der Waals surface area (Å²) in [5.74, 6) is -0.645. The number of hydrogen-bond acceptors (Lipinski definition) is 4. The molecular formula is C26H25BrClN3O3. The van der Waals surface area contributed by atoms with Crippen LogP contribution in [0.3, 0.4) is 0 Å². The molecule has 3 rings (SSSR count). The maximum Gasteiger partial charge on any atom is 0.329 e. The van der Waals surface area contributed by atoms with E-state index in [9.17, 15) is 9.59 Å². The van der Waals surface area contributed by atoms with Gasteiger partial charge in [0, 0.05) is 27.2 Å². The zero-order valence-corrected chi connectivity index (χ0v) is 21.2. The predicted molar refractivity (Wildman–Crippen MR) is 138 cm³/mol. The van der Waals surface area contributed by atoms with Gasteiger partial charge in [-0.1, -0.05) is 83.8 Å². The van der Waals surface area contributed by atoms with E-state index < -0.39 is 11.8 Å². The number of ether oxygens (including phenoxy) is 1. The zero-order valence-electron chi connectivity index (χ0n) is 18.8. The topological polar surface area (TPSA) is 79.8 Å². The van der Waals surface area contributed by atoms with Crippen LogP contribution in [0, 0.1) is 0 Å². The first kappa shape index (κ1) is 25.5. The summed E-state index contributed by atoms with van der Waals surface area (Å²) >= 11 is 9.60. The van der Waals surface area contributed by atoms with E-state index in [1.807, 2.05) is 48.5 Å². The molecule has 176 valence electrons. The van der Waals surface area contributed by atoms with E-state index in [0.717, 1.165) is 15.6 Å². The summed E-state index contributed by atoms with van der Waals surface area (Å²) in [6, 6.07) is 20.7. The molecule has 8 heteroatoms. The lowest BCUT2D eigenvalue weighted by Crippen LogP contribution is -2.37. The molecule has 0 radical (unpaired) electrons. The van der Waals surface area contributed by atoms with E-state index in [2.05, 4.69) is 45.6 Å². The van der Waals surface area contributed by atoms with Crippen LogP contribution in [0.25, 0.3) is 0 Å². The minimum Gasteiger partial charge on any atom is -0.488 e. The highest BCUT2D eigenvalue weighted by Gasteiger charge is 2.12. The molecule has 0 aromatic heterocycles. The molecule has 34 heavy (non-hydrogen) atoms. The molecule has 6 nitrogen and oxygen atoms in total. The first-order valence-corrected chi connectivity index (χ1v) is 11.9. The third-order valence-corrected chi connectivity index (χ3v) is 5.85. The Bertz CT molecular complexity index is 1180. The maximum absolute atomic E-state index is 12.1. The predicted octanol–water partition coefficient (Wildman–Crippen LogP) is 5.57. The lowest BCUT2D eigenvalue weighted by Gasteiger charge is -2.10. The van der Waals surface area contributed by atoms with Crippen LogP contribution in [0.15, 0.2) is 76.3 Å². The number of nitrogens with zero attached hydrogens (tertiary/aromatic N) is 1. The molecule has 0 unspecified atom stereocenters. The van der Waals surface area contributed by atoms with Crippen molar-refractivity contribution in [1.29, 1.82) is 0 Å². The Hall–Kier alpha value is -3.16. The molecule has 0 heterocycles. The summed E-state index contributed by atoms with van der Waals surface area (Å²) in [4.78, 5) is 24.2. The summed E-state index contributed by atoms with van der Waals surface area (Å²) in [5.41, 5.74) is 5.83. The van der Waals surface area contributed by atoms with Gasteiger partial charge < -0.3 is 10.1 Å². The summed E-state index contributed by atoms with van der Waals surface area (Å²) in [6.07, 6.45) is 1.42. The van der Waals surface area contributed by atoms with E-state index in [-0.39, 0.29) is 13.2 Å². The summed E-state index contributed by atoms with van der Waals surface area (Å²) in [5, 5.41) is 7.12. The second-order valence-electron chi connectivity index (χ2n) is 7.84. The average Bonchev–Trinajstić information content (AvgIpc) is 2.83. The molecule has 0 aliphatic heterocycles. The van der Waals surface area contributed by atoms with Crippen molar-refractivity contribution in [2.75, 3.05) is 0 Å². The smallest absolute Gasteiger partial charge is 0.329 e. The van der Waals surface area contributed by atoms with Crippen LogP contribution in [0.1, 0.15) is 42.0 Å². The lowest BCUT2D eigenvalue weighted by atomic mass is 10.0. The summed E-state index contributed by atoms with van der Waals surface area (Å²) in [7, 11) is 0. The largest absolute Gasteiger partial charge is 0.488 e. The van der Waals surface area contributed by atoms with Gasteiger partial charge in [-0.3, -0.25) is 9.59 Å².